The Labute approximate surface area is 103 Å². The Bertz CT molecular complexity index is 551. The van der Waals surface area contributed by atoms with Crippen LogP contribution in [0.1, 0.15) is 21.7 Å². The third-order valence-corrected chi connectivity index (χ3v) is 2.43. The van der Waals surface area contributed by atoms with Crippen molar-refractivity contribution in [3.63, 3.8) is 0 Å². The number of aromatic nitrogens is 2. The van der Waals surface area contributed by atoms with Crippen LogP contribution in [0.2, 0.25) is 0 Å². The van der Waals surface area contributed by atoms with Crippen molar-refractivity contribution in [3.05, 3.63) is 35.2 Å². The van der Waals surface area contributed by atoms with E-state index in [1.165, 1.54) is 7.11 Å². The lowest BCUT2D eigenvalue weighted by molar-refractivity contribution is 0.112. The summed E-state index contributed by atoms with van der Waals surface area (Å²) in [5.41, 5.74) is 1.83. The summed E-state index contributed by atoms with van der Waals surface area (Å²) in [4.78, 5) is 10.6. The zero-order valence-electron chi connectivity index (χ0n) is 10.0. The number of aryl methyl sites for hydroxylation is 1. The Morgan fingerprint density at radius 2 is 2.17 bits per heavy atom. The lowest BCUT2D eigenvalue weighted by Gasteiger charge is -2.09. The average Bonchev–Trinajstić information content (AvgIpc) is 2.81. The first kappa shape index (κ1) is 12.1. The predicted octanol–water partition coefficient (Wildman–Crippen LogP) is 1.78. The van der Waals surface area contributed by atoms with Gasteiger partial charge in [-0.25, -0.2) is 4.63 Å². The van der Waals surface area contributed by atoms with Crippen molar-refractivity contribution in [2.75, 3.05) is 7.11 Å². The Morgan fingerprint density at radius 3 is 2.78 bits per heavy atom. The van der Waals surface area contributed by atoms with E-state index in [-0.39, 0.29) is 6.61 Å². The molecule has 94 valence electrons. The van der Waals surface area contributed by atoms with Crippen LogP contribution in [0.4, 0.5) is 0 Å². The molecule has 18 heavy (non-hydrogen) atoms. The molecule has 1 aromatic carbocycles. The Kier molecular flexibility index (Phi) is 3.57. The van der Waals surface area contributed by atoms with Crippen molar-refractivity contribution in [2.45, 2.75) is 13.5 Å². The van der Waals surface area contributed by atoms with Crippen LogP contribution in [0.15, 0.2) is 22.8 Å². The Hall–Kier alpha value is -2.37. The Balaban J connectivity index is 2.14. The maximum absolute atomic E-state index is 10.6. The highest BCUT2D eigenvalue weighted by atomic mass is 16.6. The van der Waals surface area contributed by atoms with Gasteiger partial charge in [-0.3, -0.25) is 4.79 Å². The molecule has 0 unspecified atom stereocenters. The topological polar surface area (TPSA) is 74.5 Å². The molecule has 0 atom stereocenters. The van der Waals surface area contributed by atoms with Crippen LogP contribution in [0.3, 0.4) is 0 Å². The summed E-state index contributed by atoms with van der Waals surface area (Å²) in [6.45, 7) is 2.01. The second-order valence-corrected chi connectivity index (χ2v) is 3.61. The van der Waals surface area contributed by atoms with Gasteiger partial charge in [0.2, 0.25) is 0 Å². The second kappa shape index (κ2) is 5.31. The van der Waals surface area contributed by atoms with Crippen LogP contribution in [0.25, 0.3) is 0 Å². The molecule has 1 aromatic heterocycles. The van der Waals surface area contributed by atoms with E-state index in [1.807, 2.05) is 0 Å². The minimum absolute atomic E-state index is 0.228. The number of rotatable bonds is 5. The van der Waals surface area contributed by atoms with E-state index in [4.69, 9.17) is 9.47 Å². The van der Waals surface area contributed by atoms with Crippen LogP contribution >= 0.6 is 0 Å². The van der Waals surface area contributed by atoms with Gasteiger partial charge in [-0.2, -0.15) is 0 Å². The molecule has 0 aliphatic rings. The molecule has 0 saturated carbocycles. The minimum atomic E-state index is 0.228. The molecule has 6 nitrogen and oxygen atoms in total. The van der Waals surface area contributed by atoms with E-state index in [0.717, 1.165) is 6.29 Å². The highest BCUT2D eigenvalue weighted by molar-refractivity contribution is 5.76. The fourth-order valence-electron chi connectivity index (χ4n) is 1.40. The van der Waals surface area contributed by atoms with Crippen molar-refractivity contribution < 1.29 is 18.9 Å². The summed E-state index contributed by atoms with van der Waals surface area (Å²) < 4.78 is 15.3. The predicted molar refractivity (Wildman–Crippen MR) is 61.7 cm³/mol. The standard InChI is InChI=1S/C12H12N2O4/c1-8-10(14-18-13-8)7-17-11-4-3-9(6-15)5-12(11)16-2/h3-6H,7H2,1-2H3. The Morgan fingerprint density at radius 1 is 1.33 bits per heavy atom. The van der Waals surface area contributed by atoms with Crippen LogP contribution < -0.4 is 9.47 Å². The van der Waals surface area contributed by atoms with E-state index in [9.17, 15) is 4.79 Å². The maximum Gasteiger partial charge on any atom is 0.161 e. The van der Waals surface area contributed by atoms with Crippen LogP contribution in [-0.2, 0) is 6.61 Å². The fourth-order valence-corrected chi connectivity index (χ4v) is 1.40. The lowest BCUT2D eigenvalue weighted by atomic mass is 10.2. The van der Waals surface area contributed by atoms with Gasteiger partial charge >= 0.3 is 0 Å². The smallest absolute Gasteiger partial charge is 0.161 e. The molecule has 0 amide bonds. The zero-order valence-corrected chi connectivity index (χ0v) is 10.0. The zero-order chi connectivity index (χ0) is 13.0. The molecule has 0 N–H and O–H groups in total. The second-order valence-electron chi connectivity index (χ2n) is 3.61. The number of methoxy groups -OCH3 is 1. The third kappa shape index (κ3) is 2.48. The number of aldehydes is 1. The van der Waals surface area contributed by atoms with Gasteiger partial charge in [0.15, 0.2) is 11.5 Å². The number of carbonyl (C=O) groups excluding carboxylic acids is 1. The molecule has 0 saturated heterocycles. The number of carbonyl (C=O) groups is 1. The largest absolute Gasteiger partial charge is 0.493 e. The third-order valence-electron chi connectivity index (χ3n) is 2.43. The molecule has 0 bridgehead atoms. The van der Waals surface area contributed by atoms with E-state index in [1.54, 1.807) is 25.1 Å². The molecule has 0 aliphatic carbocycles. The summed E-state index contributed by atoms with van der Waals surface area (Å²) >= 11 is 0. The first-order valence-corrected chi connectivity index (χ1v) is 5.28. The molecule has 0 aliphatic heterocycles. The minimum Gasteiger partial charge on any atom is -0.493 e. The number of benzene rings is 1. The maximum atomic E-state index is 10.6. The van der Waals surface area contributed by atoms with Gasteiger partial charge in [-0.15, -0.1) is 0 Å². The molecular formula is C12H12N2O4. The van der Waals surface area contributed by atoms with Crippen molar-refractivity contribution in [2.24, 2.45) is 0 Å². The van der Waals surface area contributed by atoms with Gasteiger partial charge in [-0.1, -0.05) is 10.3 Å². The quantitative estimate of drug-likeness (QED) is 0.751. The lowest BCUT2D eigenvalue weighted by Crippen LogP contribution is -2.00. The van der Waals surface area contributed by atoms with Gasteiger partial charge < -0.3 is 9.47 Å². The van der Waals surface area contributed by atoms with Crippen molar-refractivity contribution in [1.82, 2.24) is 10.3 Å². The summed E-state index contributed by atoms with van der Waals surface area (Å²) in [7, 11) is 1.51. The summed E-state index contributed by atoms with van der Waals surface area (Å²) in [6, 6.07) is 4.93. The molecule has 1 heterocycles. The van der Waals surface area contributed by atoms with Gasteiger partial charge in [0.25, 0.3) is 0 Å². The molecule has 0 fully saturated rings. The molecule has 2 rings (SSSR count). The first-order valence-electron chi connectivity index (χ1n) is 5.28. The average molecular weight is 248 g/mol. The van der Waals surface area contributed by atoms with Crippen molar-refractivity contribution in [1.29, 1.82) is 0 Å². The first-order chi connectivity index (χ1) is 8.74. The molecular weight excluding hydrogens is 236 g/mol. The SMILES string of the molecule is COc1cc(C=O)ccc1OCc1nonc1C. The number of hydrogen-bond acceptors (Lipinski definition) is 6. The van der Waals surface area contributed by atoms with E-state index >= 15 is 0 Å². The van der Waals surface area contributed by atoms with E-state index in [2.05, 4.69) is 14.9 Å². The molecule has 6 heteroatoms. The van der Waals surface area contributed by atoms with Gasteiger partial charge in [0, 0.05) is 5.56 Å². The summed E-state index contributed by atoms with van der Waals surface area (Å²) in [6.07, 6.45) is 0.748. The number of ether oxygens (including phenoxy) is 2. The van der Waals surface area contributed by atoms with E-state index < -0.39 is 0 Å². The molecule has 0 radical (unpaired) electrons. The molecule has 0 spiro atoms. The van der Waals surface area contributed by atoms with Gasteiger partial charge in [0.05, 0.1) is 7.11 Å². The number of nitrogens with zero attached hydrogens (tertiary/aromatic N) is 2. The summed E-state index contributed by atoms with van der Waals surface area (Å²) in [5.74, 6) is 1.03. The summed E-state index contributed by atoms with van der Waals surface area (Å²) in [5, 5.41) is 7.37. The normalized spacial score (nSPS) is 10.1. The van der Waals surface area contributed by atoms with Crippen LogP contribution in [0.5, 0.6) is 11.5 Å². The van der Waals surface area contributed by atoms with Crippen LogP contribution in [0, 0.1) is 6.92 Å². The van der Waals surface area contributed by atoms with Gasteiger partial charge in [-0.05, 0) is 25.1 Å². The van der Waals surface area contributed by atoms with Crippen molar-refractivity contribution >= 4 is 6.29 Å². The van der Waals surface area contributed by atoms with Gasteiger partial charge in [0.1, 0.15) is 24.3 Å². The monoisotopic (exact) mass is 248 g/mol. The van der Waals surface area contributed by atoms with Crippen LogP contribution in [-0.4, -0.2) is 23.7 Å². The molecule has 2 aromatic rings. The van der Waals surface area contributed by atoms with Crippen molar-refractivity contribution in [3.8, 4) is 11.5 Å². The fraction of sp³-hybridized carbons (Fsp3) is 0.250. The highest BCUT2D eigenvalue weighted by Gasteiger charge is 2.09. The number of hydrogen-bond donors (Lipinski definition) is 0. The van der Waals surface area contributed by atoms with E-state index in [0.29, 0.717) is 28.5 Å². The highest BCUT2D eigenvalue weighted by Crippen LogP contribution is 2.28.